The normalized spacial score (nSPS) is 13.8. The van der Waals surface area contributed by atoms with Gasteiger partial charge in [0, 0.05) is 16.9 Å². The Morgan fingerprint density at radius 3 is 2.76 bits per heavy atom. The van der Waals surface area contributed by atoms with Crippen molar-refractivity contribution in [3.05, 3.63) is 64.2 Å². The minimum Gasteiger partial charge on any atom is -0.324 e. The summed E-state index contributed by atoms with van der Waals surface area (Å²) < 4.78 is 0. The highest BCUT2D eigenvalue weighted by atomic mass is 35.5. The number of aliphatic imine (C=N–C) groups is 1. The van der Waals surface area contributed by atoms with Crippen molar-refractivity contribution in [2.24, 2.45) is 10.7 Å². The summed E-state index contributed by atoms with van der Waals surface area (Å²) in [5.74, 6) is -0.257. The van der Waals surface area contributed by atoms with Gasteiger partial charge in [-0.1, -0.05) is 29.8 Å². The molecule has 1 amide bonds. The lowest BCUT2D eigenvalue weighted by molar-refractivity contribution is -0.117. The fourth-order valence-electron chi connectivity index (χ4n) is 2.22. The molecule has 21 heavy (non-hydrogen) atoms. The van der Waals surface area contributed by atoms with Crippen LogP contribution in [-0.4, -0.2) is 12.1 Å². The molecule has 3 rings (SSSR count). The van der Waals surface area contributed by atoms with E-state index in [-0.39, 0.29) is 5.91 Å². The number of anilines is 1. The molecular formula is C16H14ClN3O. The van der Waals surface area contributed by atoms with E-state index in [0.717, 1.165) is 22.4 Å². The monoisotopic (exact) mass is 299 g/mol. The van der Waals surface area contributed by atoms with E-state index in [1.165, 1.54) is 0 Å². The molecule has 0 radical (unpaired) electrons. The van der Waals surface area contributed by atoms with Gasteiger partial charge in [0.2, 0.25) is 5.91 Å². The van der Waals surface area contributed by atoms with Gasteiger partial charge in [0.05, 0.1) is 6.54 Å². The molecule has 0 fully saturated rings. The standard InChI is InChI=1S/C16H14ClN3O/c17-13-4-1-10(2-5-13)15(18)16(21)20-14-6-3-11-8-19-9-12(11)7-14/h1-7,9,15H,8,18H2,(H,20,21). The first kappa shape index (κ1) is 13.8. The van der Waals surface area contributed by atoms with Crippen LogP contribution in [0.5, 0.6) is 0 Å². The third-order valence-electron chi connectivity index (χ3n) is 3.42. The van der Waals surface area contributed by atoms with Gasteiger partial charge in [-0.3, -0.25) is 9.79 Å². The number of nitrogens with zero attached hydrogens (tertiary/aromatic N) is 1. The smallest absolute Gasteiger partial charge is 0.245 e. The minimum absolute atomic E-state index is 0.257. The van der Waals surface area contributed by atoms with E-state index >= 15 is 0 Å². The lowest BCUT2D eigenvalue weighted by Crippen LogP contribution is -2.27. The Bertz CT molecular complexity index is 710. The highest BCUT2D eigenvalue weighted by molar-refractivity contribution is 6.30. The molecule has 1 aliphatic rings. The van der Waals surface area contributed by atoms with E-state index in [0.29, 0.717) is 11.6 Å². The second kappa shape index (κ2) is 5.68. The second-order valence-electron chi connectivity index (χ2n) is 4.90. The molecule has 0 saturated carbocycles. The van der Waals surface area contributed by atoms with E-state index in [2.05, 4.69) is 10.3 Å². The zero-order valence-corrected chi connectivity index (χ0v) is 12.0. The maximum atomic E-state index is 12.2. The van der Waals surface area contributed by atoms with Crippen LogP contribution in [0, 0.1) is 0 Å². The van der Waals surface area contributed by atoms with Gasteiger partial charge < -0.3 is 11.1 Å². The summed E-state index contributed by atoms with van der Waals surface area (Å²) in [7, 11) is 0. The first-order chi connectivity index (χ1) is 10.1. The lowest BCUT2D eigenvalue weighted by atomic mass is 10.1. The van der Waals surface area contributed by atoms with Crippen molar-refractivity contribution in [1.82, 2.24) is 0 Å². The molecule has 1 atom stereocenters. The Labute approximate surface area is 127 Å². The quantitative estimate of drug-likeness (QED) is 0.915. The molecule has 0 bridgehead atoms. The summed E-state index contributed by atoms with van der Waals surface area (Å²) in [5.41, 5.74) is 9.61. The van der Waals surface area contributed by atoms with Crippen LogP contribution in [0.25, 0.3) is 0 Å². The fraction of sp³-hybridized carbons (Fsp3) is 0.125. The molecule has 3 N–H and O–H groups in total. The minimum atomic E-state index is -0.732. The van der Waals surface area contributed by atoms with Crippen LogP contribution in [0.4, 0.5) is 5.69 Å². The summed E-state index contributed by atoms with van der Waals surface area (Å²) in [6.45, 7) is 0.702. The predicted molar refractivity (Wildman–Crippen MR) is 84.8 cm³/mol. The molecule has 0 aromatic heterocycles. The Kier molecular flexibility index (Phi) is 3.73. The van der Waals surface area contributed by atoms with Gasteiger partial charge in [-0.25, -0.2) is 0 Å². The first-order valence-corrected chi connectivity index (χ1v) is 6.96. The zero-order valence-electron chi connectivity index (χ0n) is 11.2. The molecule has 1 aliphatic heterocycles. The van der Waals surface area contributed by atoms with Crippen molar-refractivity contribution in [2.75, 3.05) is 5.32 Å². The zero-order chi connectivity index (χ0) is 14.8. The van der Waals surface area contributed by atoms with Gasteiger partial charge in [0.15, 0.2) is 0 Å². The summed E-state index contributed by atoms with van der Waals surface area (Å²) in [6.07, 6.45) is 1.81. The molecule has 2 aromatic rings. The van der Waals surface area contributed by atoms with Crippen LogP contribution in [0.2, 0.25) is 5.02 Å². The molecule has 5 heteroatoms. The molecule has 0 aliphatic carbocycles. The summed E-state index contributed by atoms with van der Waals surface area (Å²) in [5, 5.41) is 3.44. The Morgan fingerprint density at radius 2 is 2.00 bits per heavy atom. The number of nitrogens with two attached hydrogens (primary N) is 1. The van der Waals surface area contributed by atoms with E-state index in [1.807, 2.05) is 24.4 Å². The van der Waals surface area contributed by atoms with Crippen molar-refractivity contribution in [1.29, 1.82) is 0 Å². The largest absolute Gasteiger partial charge is 0.324 e. The van der Waals surface area contributed by atoms with Crippen molar-refractivity contribution in [2.45, 2.75) is 12.6 Å². The number of hydrogen-bond acceptors (Lipinski definition) is 3. The van der Waals surface area contributed by atoms with Crippen LogP contribution >= 0.6 is 11.6 Å². The highest BCUT2D eigenvalue weighted by Crippen LogP contribution is 2.21. The Morgan fingerprint density at radius 1 is 1.24 bits per heavy atom. The summed E-state index contributed by atoms with van der Waals surface area (Å²) >= 11 is 5.83. The molecule has 4 nitrogen and oxygen atoms in total. The molecule has 0 spiro atoms. The third kappa shape index (κ3) is 2.96. The Balaban J connectivity index is 1.73. The lowest BCUT2D eigenvalue weighted by Gasteiger charge is -2.13. The van der Waals surface area contributed by atoms with E-state index in [9.17, 15) is 4.79 Å². The number of rotatable bonds is 3. The van der Waals surface area contributed by atoms with Gasteiger partial charge in [-0.2, -0.15) is 0 Å². The Hall–Kier alpha value is -2.17. The maximum Gasteiger partial charge on any atom is 0.245 e. The number of nitrogens with one attached hydrogen (secondary N) is 1. The predicted octanol–water partition coefficient (Wildman–Crippen LogP) is 2.91. The van der Waals surface area contributed by atoms with E-state index in [4.69, 9.17) is 17.3 Å². The summed E-state index contributed by atoms with van der Waals surface area (Å²) in [6, 6.07) is 11.9. The fourth-order valence-corrected chi connectivity index (χ4v) is 2.35. The van der Waals surface area contributed by atoms with Gasteiger partial charge in [-0.05, 0) is 41.0 Å². The topological polar surface area (TPSA) is 67.5 Å². The van der Waals surface area contributed by atoms with Crippen molar-refractivity contribution in [3.63, 3.8) is 0 Å². The maximum absolute atomic E-state index is 12.2. The molecule has 2 aromatic carbocycles. The van der Waals surface area contributed by atoms with Crippen LogP contribution in [0.3, 0.4) is 0 Å². The van der Waals surface area contributed by atoms with Crippen LogP contribution in [0.15, 0.2) is 47.5 Å². The molecule has 0 saturated heterocycles. The van der Waals surface area contributed by atoms with Gasteiger partial charge in [-0.15, -0.1) is 0 Å². The van der Waals surface area contributed by atoms with Crippen molar-refractivity contribution in [3.8, 4) is 0 Å². The number of hydrogen-bond donors (Lipinski definition) is 2. The van der Waals surface area contributed by atoms with Gasteiger partial charge in [0.1, 0.15) is 6.04 Å². The first-order valence-electron chi connectivity index (χ1n) is 6.58. The summed E-state index contributed by atoms with van der Waals surface area (Å²) in [4.78, 5) is 16.4. The van der Waals surface area contributed by atoms with Crippen LogP contribution in [-0.2, 0) is 11.3 Å². The number of halogens is 1. The third-order valence-corrected chi connectivity index (χ3v) is 3.67. The van der Waals surface area contributed by atoms with E-state index < -0.39 is 6.04 Å². The van der Waals surface area contributed by atoms with Crippen LogP contribution < -0.4 is 11.1 Å². The van der Waals surface area contributed by atoms with Crippen LogP contribution in [0.1, 0.15) is 22.7 Å². The number of benzene rings is 2. The second-order valence-corrected chi connectivity index (χ2v) is 5.34. The van der Waals surface area contributed by atoms with Crippen molar-refractivity contribution < 1.29 is 4.79 Å². The number of carbonyl (C=O) groups is 1. The SMILES string of the molecule is NC(C(=O)Nc1ccc2c(c1)C=NC2)c1ccc(Cl)cc1. The average molecular weight is 300 g/mol. The van der Waals surface area contributed by atoms with Gasteiger partial charge in [0.25, 0.3) is 0 Å². The average Bonchev–Trinajstić information content (AvgIpc) is 2.95. The molecule has 1 unspecified atom stereocenters. The number of amides is 1. The number of fused-ring (bicyclic) bond motifs is 1. The van der Waals surface area contributed by atoms with Gasteiger partial charge >= 0.3 is 0 Å². The molecular weight excluding hydrogens is 286 g/mol. The highest BCUT2D eigenvalue weighted by Gasteiger charge is 2.16. The molecule has 1 heterocycles. The molecule has 106 valence electrons. The van der Waals surface area contributed by atoms with E-state index in [1.54, 1.807) is 24.3 Å². The number of carbonyl (C=O) groups excluding carboxylic acids is 1. The van der Waals surface area contributed by atoms with Crippen molar-refractivity contribution >= 4 is 29.4 Å².